The Balaban J connectivity index is 1.68. The van der Waals surface area contributed by atoms with E-state index in [1.54, 1.807) is 6.92 Å². The van der Waals surface area contributed by atoms with E-state index in [4.69, 9.17) is 4.74 Å². The molecule has 2 N–H and O–H groups in total. The van der Waals surface area contributed by atoms with Crippen molar-refractivity contribution < 1.29 is 28.2 Å². The fraction of sp³-hybridized carbons (Fsp3) is 0.381. The molecular weight excluding hydrogens is 412 g/mol. The minimum absolute atomic E-state index is 0.0487. The highest BCUT2D eigenvalue weighted by molar-refractivity contribution is 5.99. The summed E-state index contributed by atoms with van der Waals surface area (Å²) >= 11 is 0. The number of aromatic hydroxyl groups is 1. The van der Waals surface area contributed by atoms with Gasteiger partial charge in [0.15, 0.2) is 17.7 Å². The number of hydrogen-bond donors (Lipinski definition) is 2. The van der Waals surface area contributed by atoms with Crippen LogP contribution >= 0.6 is 0 Å². The number of carbonyl (C=O) groups is 2. The third kappa shape index (κ3) is 3.27. The summed E-state index contributed by atoms with van der Waals surface area (Å²) < 4.78 is 34.7. The highest BCUT2D eigenvalue weighted by atomic mass is 19.1. The van der Waals surface area contributed by atoms with Crippen LogP contribution in [0.2, 0.25) is 0 Å². The summed E-state index contributed by atoms with van der Waals surface area (Å²) in [6, 6.07) is 1.93. The molecule has 164 valence electrons. The maximum atomic E-state index is 14.2. The summed E-state index contributed by atoms with van der Waals surface area (Å²) in [5.41, 5.74) is -1.70. The third-order valence-corrected chi connectivity index (χ3v) is 5.79. The number of carbonyl (C=O) groups excluding carboxylic acids is 2. The van der Waals surface area contributed by atoms with E-state index in [1.807, 2.05) is 0 Å². The minimum Gasteiger partial charge on any atom is -0.503 e. The molecule has 0 radical (unpaired) electrons. The van der Waals surface area contributed by atoms with Crippen molar-refractivity contribution in [3.8, 4) is 5.75 Å². The molecule has 2 amide bonds. The molecule has 8 nitrogen and oxygen atoms in total. The Kier molecular flexibility index (Phi) is 5.26. The molecule has 31 heavy (non-hydrogen) atoms. The molecule has 4 rings (SSSR count). The topological polar surface area (TPSA) is 101 Å². The lowest BCUT2D eigenvalue weighted by Gasteiger charge is -2.38. The van der Waals surface area contributed by atoms with Crippen LogP contribution in [0.25, 0.3) is 0 Å². The van der Waals surface area contributed by atoms with Crippen molar-refractivity contribution in [3.05, 3.63) is 62.6 Å². The number of benzene rings is 1. The van der Waals surface area contributed by atoms with E-state index in [-0.39, 0.29) is 35.0 Å². The van der Waals surface area contributed by atoms with Gasteiger partial charge in [-0.1, -0.05) is 6.07 Å². The van der Waals surface area contributed by atoms with Gasteiger partial charge in [-0.2, -0.15) is 0 Å². The zero-order valence-corrected chi connectivity index (χ0v) is 16.9. The fourth-order valence-corrected chi connectivity index (χ4v) is 4.09. The molecule has 2 unspecified atom stereocenters. The molecule has 2 aromatic rings. The van der Waals surface area contributed by atoms with Crippen LogP contribution in [0.3, 0.4) is 0 Å². The minimum atomic E-state index is -0.999. The van der Waals surface area contributed by atoms with E-state index in [2.05, 4.69) is 5.32 Å². The number of halogens is 2. The van der Waals surface area contributed by atoms with Gasteiger partial charge in [0.25, 0.3) is 11.8 Å². The SMILES string of the molecule is CCN1C(=O)c2c(O)c(=O)c(C(=O)NCc3ccc(F)c(C)c3F)cn2C2CCOC21. The van der Waals surface area contributed by atoms with Gasteiger partial charge in [-0.25, -0.2) is 8.78 Å². The van der Waals surface area contributed by atoms with Crippen molar-refractivity contribution in [1.82, 2.24) is 14.8 Å². The Bertz CT molecular complexity index is 1150. The molecule has 0 spiro atoms. The first-order valence-electron chi connectivity index (χ1n) is 9.88. The van der Waals surface area contributed by atoms with Gasteiger partial charge < -0.3 is 24.6 Å². The molecule has 0 saturated carbocycles. The van der Waals surface area contributed by atoms with Gasteiger partial charge in [-0.05, 0) is 26.3 Å². The van der Waals surface area contributed by atoms with E-state index < -0.39 is 40.9 Å². The number of aromatic nitrogens is 1. The first kappa shape index (κ1) is 21.0. The second-order valence-corrected chi connectivity index (χ2v) is 7.51. The van der Waals surface area contributed by atoms with Crippen molar-refractivity contribution in [2.45, 2.75) is 39.1 Å². The number of pyridine rings is 1. The average molecular weight is 433 g/mol. The monoisotopic (exact) mass is 433 g/mol. The maximum Gasteiger partial charge on any atom is 0.276 e. The number of ether oxygens (including phenoxy) is 1. The lowest BCUT2D eigenvalue weighted by molar-refractivity contribution is -0.0328. The smallest absolute Gasteiger partial charge is 0.276 e. The number of rotatable bonds is 4. The molecule has 2 aliphatic heterocycles. The van der Waals surface area contributed by atoms with Gasteiger partial charge >= 0.3 is 0 Å². The van der Waals surface area contributed by atoms with E-state index in [1.165, 1.54) is 28.7 Å². The number of nitrogens with one attached hydrogen (secondary N) is 1. The first-order valence-corrected chi connectivity index (χ1v) is 9.88. The van der Waals surface area contributed by atoms with Gasteiger partial charge in [0.05, 0.1) is 12.6 Å². The van der Waals surface area contributed by atoms with Crippen LogP contribution in [0.15, 0.2) is 23.1 Å². The van der Waals surface area contributed by atoms with Crippen molar-refractivity contribution in [3.63, 3.8) is 0 Å². The zero-order valence-electron chi connectivity index (χ0n) is 16.9. The molecule has 2 atom stereocenters. The van der Waals surface area contributed by atoms with Crippen LogP contribution in [-0.4, -0.2) is 45.8 Å². The standard InChI is InChI=1S/C21H21F2N3O5/c1-3-25-20(30)16-18(28)17(27)12(9-26(16)14-6-7-31-21(14)25)19(29)24-8-11-4-5-13(22)10(2)15(11)23/h4-5,9,14,21,28H,3,6-8H2,1-2H3,(H,24,29). The van der Waals surface area contributed by atoms with Gasteiger partial charge in [0, 0.05) is 30.4 Å². The predicted molar refractivity (Wildman–Crippen MR) is 105 cm³/mol. The Morgan fingerprint density at radius 1 is 1.32 bits per heavy atom. The number of amides is 2. The molecule has 1 aromatic heterocycles. The van der Waals surface area contributed by atoms with E-state index >= 15 is 0 Å². The van der Waals surface area contributed by atoms with Crippen molar-refractivity contribution >= 4 is 11.8 Å². The summed E-state index contributed by atoms with van der Waals surface area (Å²) in [4.78, 5) is 39.6. The van der Waals surface area contributed by atoms with Crippen LogP contribution in [0.1, 0.15) is 51.4 Å². The molecule has 1 fully saturated rings. The van der Waals surface area contributed by atoms with Crippen LogP contribution in [-0.2, 0) is 11.3 Å². The van der Waals surface area contributed by atoms with Crippen molar-refractivity contribution in [1.29, 1.82) is 0 Å². The summed E-state index contributed by atoms with van der Waals surface area (Å²) in [6.45, 7) is 3.47. The number of likely N-dealkylation sites (N-methyl/N-ethyl adjacent to an activating group) is 1. The fourth-order valence-electron chi connectivity index (χ4n) is 4.09. The molecule has 10 heteroatoms. The Morgan fingerprint density at radius 2 is 2.06 bits per heavy atom. The summed E-state index contributed by atoms with van der Waals surface area (Å²) in [5, 5.41) is 12.9. The quantitative estimate of drug-likeness (QED) is 0.766. The highest BCUT2D eigenvalue weighted by Gasteiger charge is 2.44. The zero-order chi connectivity index (χ0) is 22.4. The van der Waals surface area contributed by atoms with E-state index in [9.17, 15) is 28.3 Å². The van der Waals surface area contributed by atoms with Crippen LogP contribution in [0.4, 0.5) is 8.78 Å². The van der Waals surface area contributed by atoms with Gasteiger partial charge in [0.2, 0.25) is 5.43 Å². The highest BCUT2D eigenvalue weighted by Crippen LogP contribution is 2.36. The molecule has 0 aliphatic carbocycles. The molecule has 1 aromatic carbocycles. The maximum absolute atomic E-state index is 14.2. The molecule has 0 bridgehead atoms. The number of nitrogens with zero attached hydrogens (tertiary/aromatic N) is 2. The largest absolute Gasteiger partial charge is 0.503 e. The lowest BCUT2D eigenvalue weighted by Crippen LogP contribution is -2.50. The Morgan fingerprint density at radius 3 is 2.77 bits per heavy atom. The predicted octanol–water partition coefficient (Wildman–Crippen LogP) is 1.83. The van der Waals surface area contributed by atoms with Crippen LogP contribution in [0.5, 0.6) is 5.75 Å². The van der Waals surface area contributed by atoms with Gasteiger partial charge in [-0.15, -0.1) is 0 Å². The number of hydrogen-bond acceptors (Lipinski definition) is 5. The molecule has 3 heterocycles. The van der Waals surface area contributed by atoms with E-state index in [0.717, 1.165) is 6.07 Å². The van der Waals surface area contributed by atoms with E-state index in [0.29, 0.717) is 19.6 Å². The summed E-state index contributed by atoms with van der Waals surface area (Å²) in [7, 11) is 0. The second-order valence-electron chi connectivity index (χ2n) is 7.51. The van der Waals surface area contributed by atoms with Crippen LogP contribution in [0, 0.1) is 18.6 Å². The van der Waals surface area contributed by atoms with Crippen molar-refractivity contribution in [2.24, 2.45) is 0 Å². The summed E-state index contributed by atoms with van der Waals surface area (Å²) in [6.07, 6.45) is 1.21. The first-order chi connectivity index (χ1) is 14.8. The molecule has 2 aliphatic rings. The average Bonchev–Trinajstić information content (AvgIpc) is 3.23. The van der Waals surface area contributed by atoms with Gasteiger partial charge in [0.1, 0.15) is 17.2 Å². The lowest BCUT2D eigenvalue weighted by atomic mass is 10.0. The third-order valence-electron chi connectivity index (χ3n) is 5.79. The van der Waals surface area contributed by atoms with Crippen molar-refractivity contribution in [2.75, 3.05) is 13.2 Å². The normalized spacial score (nSPS) is 19.9. The van der Waals surface area contributed by atoms with Gasteiger partial charge in [-0.3, -0.25) is 14.4 Å². The second kappa shape index (κ2) is 7.77. The molecular formula is C21H21F2N3O5. The Labute approximate surface area is 176 Å². The summed E-state index contributed by atoms with van der Waals surface area (Å²) in [5.74, 6) is -3.72. The Hall–Kier alpha value is -3.27. The molecule has 1 saturated heterocycles. The number of fused-ring (bicyclic) bond motifs is 3. The van der Waals surface area contributed by atoms with Crippen LogP contribution < -0.4 is 10.7 Å².